The maximum Gasteiger partial charge on any atom is 0.0702 e. The third-order valence-electron chi connectivity index (χ3n) is 1.98. The largest absolute Gasteiger partial charge is 0.256 e. The number of aryl methyl sites for hydroxylation is 1. The van der Waals surface area contributed by atoms with E-state index in [0.717, 1.165) is 5.69 Å². The molecule has 0 atom stereocenters. The molecule has 1 heteroatoms. The second-order valence-electron chi connectivity index (χ2n) is 6.09. The van der Waals surface area contributed by atoms with Gasteiger partial charge in [0.2, 0.25) is 0 Å². The molecule has 1 heterocycles. The minimum Gasteiger partial charge on any atom is -0.256 e. The van der Waals surface area contributed by atoms with Crippen molar-refractivity contribution in [1.82, 2.24) is 4.98 Å². The van der Waals surface area contributed by atoms with E-state index < -0.39 is 0 Å². The molecule has 0 unspecified atom stereocenters. The molecule has 0 bridgehead atoms. The molecule has 0 saturated carbocycles. The van der Waals surface area contributed by atoms with Crippen molar-refractivity contribution in [2.45, 2.75) is 34.6 Å². The predicted octanol–water partition coefficient (Wildman–Crippen LogP) is 5.11. The number of pyridine rings is 1. The van der Waals surface area contributed by atoms with Gasteiger partial charge in [0.25, 0.3) is 0 Å². The fraction of sp³-hybridized carbons (Fsp3) is 0.353. The molecule has 0 saturated heterocycles. The van der Waals surface area contributed by atoms with E-state index >= 15 is 0 Å². The Kier molecular flexibility index (Phi) is 5.08. The molecule has 18 heavy (non-hydrogen) atoms. The first-order valence-corrected chi connectivity index (χ1v) is 6.34. The molecular weight excluding hydrogens is 218 g/mol. The van der Waals surface area contributed by atoms with Crippen LogP contribution in [0.2, 0.25) is 0 Å². The highest BCUT2D eigenvalue weighted by Crippen LogP contribution is 2.15. The first-order valence-electron chi connectivity index (χ1n) is 6.34. The summed E-state index contributed by atoms with van der Waals surface area (Å²) >= 11 is 0. The average molecular weight is 241 g/mol. The first kappa shape index (κ1) is 14.4. The lowest BCUT2D eigenvalue weighted by Crippen LogP contribution is -1.93. The third kappa shape index (κ3) is 6.19. The molecule has 0 spiro atoms. The van der Waals surface area contributed by atoms with Gasteiger partial charge in [-0.2, -0.15) is 0 Å². The molecule has 1 aromatic carbocycles. The van der Waals surface area contributed by atoms with Gasteiger partial charge >= 0.3 is 0 Å². The second-order valence-corrected chi connectivity index (χ2v) is 6.09. The molecule has 2 aromatic rings. The minimum atomic E-state index is 0.500. The van der Waals surface area contributed by atoms with Gasteiger partial charge in [-0.25, -0.2) is 0 Å². The van der Waals surface area contributed by atoms with Crippen molar-refractivity contribution in [1.29, 1.82) is 0 Å². The van der Waals surface area contributed by atoms with E-state index in [9.17, 15) is 0 Å². The van der Waals surface area contributed by atoms with Crippen LogP contribution in [0.1, 0.15) is 33.3 Å². The van der Waals surface area contributed by atoms with Crippen molar-refractivity contribution < 1.29 is 0 Å². The fourth-order valence-electron chi connectivity index (χ4n) is 1.25. The second kappa shape index (κ2) is 6.34. The topological polar surface area (TPSA) is 12.9 Å². The average Bonchev–Trinajstić information content (AvgIpc) is 2.29. The molecule has 0 aliphatic rings. The van der Waals surface area contributed by atoms with Gasteiger partial charge in [-0.1, -0.05) is 64.1 Å². The van der Waals surface area contributed by atoms with Gasteiger partial charge in [0, 0.05) is 11.8 Å². The Morgan fingerprint density at radius 3 is 1.83 bits per heavy atom. The summed E-state index contributed by atoms with van der Waals surface area (Å²) in [5.41, 5.74) is 3.90. The van der Waals surface area contributed by atoms with Crippen molar-refractivity contribution >= 4 is 0 Å². The quantitative estimate of drug-likeness (QED) is 0.676. The van der Waals surface area contributed by atoms with Gasteiger partial charge in [-0.3, -0.25) is 4.98 Å². The lowest BCUT2D eigenvalue weighted by Gasteiger charge is -2.05. The number of aromatic nitrogens is 1. The Bertz CT molecular complexity index is 443. The van der Waals surface area contributed by atoms with Crippen molar-refractivity contribution in [3.8, 4) is 11.3 Å². The summed E-state index contributed by atoms with van der Waals surface area (Å²) in [6.07, 6.45) is 1.89. The first-order chi connectivity index (χ1) is 8.36. The van der Waals surface area contributed by atoms with Gasteiger partial charge in [0.15, 0.2) is 0 Å². The Morgan fingerprint density at radius 2 is 1.39 bits per heavy atom. The monoisotopic (exact) mass is 241 g/mol. The molecule has 0 radical (unpaired) electrons. The molecule has 1 nitrogen and oxygen atoms in total. The molecule has 0 aliphatic heterocycles. The Labute approximate surface area is 111 Å². The van der Waals surface area contributed by atoms with E-state index in [0.29, 0.717) is 5.41 Å². The normalized spacial score (nSPS) is 10.5. The maximum atomic E-state index is 4.35. The molecule has 0 amide bonds. The Balaban J connectivity index is 0.000000280. The van der Waals surface area contributed by atoms with Crippen LogP contribution in [0.3, 0.4) is 0 Å². The van der Waals surface area contributed by atoms with Crippen LogP contribution in [0.5, 0.6) is 0 Å². The number of hydrogen-bond donors (Lipinski definition) is 0. The van der Waals surface area contributed by atoms with Crippen molar-refractivity contribution in [3.05, 3.63) is 54.2 Å². The number of rotatable bonds is 1. The van der Waals surface area contributed by atoms with Gasteiger partial charge < -0.3 is 0 Å². The summed E-state index contributed by atoms with van der Waals surface area (Å²) in [6.45, 7) is 10.8. The summed E-state index contributed by atoms with van der Waals surface area (Å²) in [5, 5.41) is 0. The van der Waals surface area contributed by atoms with Gasteiger partial charge in [-0.15, -0.1) is 0 Å². The molecule has 96 valence electrons. The predicted molar refractivity (Wildman–Crippen MR) is 79.5 cm³/mol. The number of benzene rings is 1. The van der Waals surface area contributed by atoms with Crippen LogP contribution in [0, 0.1) is 12.3 Å². The molecule has 1 aromatic heterocycles. The van der Waals surface area contributed by atoms with Crippen LogP contribution in [-0.4, -0.2) is 4.98 Å². The zero-order valence-corrected chi connectivity index (χ0v) is 12.1. The summed E-state index contributed by atoms with van der Waals surface area (Å²) in [6, 6.07) is 14.3. The zero-order valence-electron chi connectivity index (χ0n) is 12.1. The lowest BCUT2D eigenvalue weighted by atomic mass is 10.0. The highest BCUT2D eigenvalue weighted by Gasteiger charge is 1.96. The molecular formula is C17H23N. The molecule has 0 fully saturated rings. The zero-order chi connectivity index (χ0) is 13.6. The van der Waals surface area contributed by atoms with Crippen LogP contribution in [0.15, 0.2) is 48.7 Å². The Hall–Kier alpha value is -1.63. The van der Waals surface area contributed by atoms with E-state index in [1.54, 1.807) is 0 Å². The van der Waals surface area contributed by atoms with Crippen molar-refractivity contribution in [3.63, 3.8) is 0 Å². The summed E-state index contributed by atoms with van der Waals surface area (Å²) in [4.78, 5) is 4.35. The highest BCUT2D eigenvalue weighted by atomic mass is 14.7. The van der Waals surface area contributed by atoms with Gasteiger partial charge in [0.1, 0.15) is 0 Å². The summed E-state index contributed by atoms with van der Waals surface area (Å²) < 4.78 is 0. The Morgan fingerprint density at radius 1 is 0.833 bits per heavy atom. The van der Waals surface area contributed by atoms with E-state index in [-0.39, 0.29) is 0 Å². The smallest absolute Gasteiger partial charge is 0.0702 e. The fourth-order valence-corrected chi connectivity index (χ4v) is 1.25. The van der Waals surface area contributed by atoms with E-state index in [1.165, 1.54) is 11.1 Å². The van der Waals surface area contributed by atoms with Gasteiger partial charge in [0.05, 0.1) is 5.69 Å². The number of nitrogens with zero attached hydrogens (tertiary/aromatic N) is 1. The van der Waals surface area contributed by atoms with Crippen molar-refractivity contribution in [2.24, 2.45) is 5.41 Å². The van der Waals surface area contributed by atoms with Crippen molar-refractivity contribution in [2.75, 3.05) is 0 Å². The van der Waals surface area contributed by atoms with Crippen LogP contribution < -0.4 is 0 Å². The SMILES string of the molecule is CC(C)(C)C.Cc1ccc(-c2ccccc2)nc1. The third-order valence-corrected chi connectivity index (χ3v) is 1.98. The van der Waals surface area contributed by atoms with Crippen LogP contribution >= 0.6 is 0 Å². The van der Waals surface area contributed by atoms with Crippen LogP contribution in [-0.2, 0) is 0 Å². The standard InChI is InChI=1S/C12H11N.C5H12/c1-10-7-8-12(13-9-10)11-5-3-2-4-6-11;1-5(2,3)4/h2-9H,1H3;1-4H3. The van der Waals surface area contributed by atoms with Crippen LogP contribution in [0.25, 0.3) is 11.3 Å². The van der Waals surface area contributed by atoms with E-state index in [4.69, 9.17) is 0 Å². The minimum absolute atomic E-state index is 0.500. The summed E-state index contributed by atoms with van der Waals surface area (Å²) in [5.74, 6) is 0. The number of hydrogen-bond acceptors (Lipinski definition) is 1. The summed E-state index contributed by atoms with van der Waals surface area (Å²) in [7, 11) is 0. The highest BCUT2D eigenvalue weighted by molar-refractivity contribution is 5.58. The lowest BCUT2D eigenvalue weighted by molar-refractivity contribution is 0.469. The van der Waals surface area contributed by atoms with Gasteiger partial charge in [-0.05, 0) is 24.0 Å². The van der Waals surface area contributed by atoms with E-state index in [2.05, 4.69) is 50.9 Å². The molecule has 0 aliphatic carbocycles. The molecule has 0 N–H and O–H groups in total. The maximum absolute atomic E-state index is 4.35. The molecule has 2 rings (SSSR count). The van der Waals surface area contributed by atoms with Crippen LogP contribution in [0.4, 0.5) is 0 Å². The van der Waals surface area contributed by atoms with E-state index in [1.807, 2.05) is 37.4 Å².